The van der Waals surface area contributed by atoms with Gasteiger partial charge in [0, 0.05) is 62.8 Å². The molecule has 31 heavy (non-hydrogen) atoms. The van der Waals surface area contributed by atoms with E-state index in [9.17, 15) is 4.79 Å². The lowest BCUT2D eigenvalue weighted by molar-refractivity contribution is 0.0823. The Kier molecular flexibility index (Phi) is 5.38. The molecule has 0 aliphatic heterocycles. The number of benzene rings is 1. The van der Waals surface area contributed by atoms with E-state index in [0.29, 0.717) is 17.5 Å². The highest BCUT2D eigenvalue weighted by atomic mass is 16.2. The summed E-state index contributed by atoms with van der Waals surface area (Å²) in [7, 11) is 9.28. The van der Waals surface area contributed by atoms with Crippen molar-refractivity contribution in [3.63, 3.8) is 0 Å². The predicted octanol–water partition coefficient (Wildman–Crippen LogP) is 2.06. The number of aromatic nitrogens is 6. The summed E-state index contributed by atoms with van der Waals surface area (Å²) in [6.07, 6.45) is 5.46. The van der Waals surface area contributed by atoms with Crippen molar-refractivity contribution in [3.8, 4) is 5.82 Å². The van der Waals surface area contributed by atoms with Crippen LogP contribution in [0.1, 0.15) is 16.1 Å². The summed E-state index contributed by atoms with van der Waals surface area (Å²) in [6, 6.07) is 7.52. The molecule has 1 N–H and O–H groups in total. The molecule has 160 valence electrons. The van der Waals surface area contributed by atoms with Crippen molar-refractivity contribution >= 4 is 28.4 Å². The van der Waals surface area contributed by atoms with Gasteiger partial charge in [-0.3, -0.25) is 9.48 Å². The number of amides is 1. The molecule has 10 heteroatoms. The highest BCUT2D eigenvalue weighted by Crippen LogP contribution is 2.24. The van der Waals surface area contributed by atoms with Crippen LogP contribution >= 0.6 is 0 Å². The third-order valence-corrected chi connectivity index (χ3v) is 4.73. The number of fused-ring (bicyclic) bond motifs is 1. The van der Waals surface area contributed by atoms with Gasteiger partial charge in [-0.2, -0.15) is 15.2 Å². The summed E-state index contributed by atoms with van der Waals surface area (Å²) in [5, 5.41) is 12.8. The Morgan fingerprint density at radius 2 is 1.97 bits per heavy atom. The quantitative estimate of drug-likeness (QED) is 0.511. The van der Waals surface area contributed by atoms with Gasteiger partial charge in [0.1, 0.15) is 0 Å². The predicted molar refractivity (Wildman–Crippen MR) is 119 cm³/mol. The average molecular weight is 419 g/mol. The Labute approximate surface area is 180 Å². The van der Waals surface area contributed by atoms with Crippen LogP contribution < -0.4 is 5.32 Å². The number of anilines is 2. The van der Waals surface area contributed by atoms with Crippen molar-refractivity contribution in [1.29, 1.82) is 0 Å². The van der Waals surface area contributed by atoms with Gasteiger partial charge in [0.25, 0.3) is 5.91 Å². The van der Waals surface area contributed by atoms with Crippen LogP contribution in [0.3, 0.4) is 0 Å². The van der Waals surface area contributed by atoms with E-state index in [0.717, 1.165) is 28.7 Å². The summed E-state index contributed by atoms with van der Waals surface area (Å²) in [5.74, 6) is 0.951. The second kappa shape index (κ2) is 8.15. The maximum atomic E-state index is 12.5. The Bertz CT molecular complexity index is 1240. The van der Waals surface area contributed by atoms with E-state index in [1.54, 1.807) is 35.7 Å². The molecule has 3 heterocycles. The Morgan fingerprint density at radius 1 is 1.16 bits per heavy atom. The minimum atomic E-state index is -0.145. The summed E-state index contributed by atoms with van der Waals surface area (Å²) in [6.45, 7) is 0.801. The summed E-state index contributed by atoms with van der Waals surface area (Å²) in [5.41, 5.74) is 3.14. The zero-order chi connectivity index (χ0) is 22.1. The maximum absolute atomic E-state index is 12.5. The van der Waals surface area contributed by atoms with Crippen molar-refractivity contribution in [3.05, 3.63) is 54.1 Å². The molecule has 0 radical (unpaired) electrons. The number of carbonyl (C=O) groups is 1. The Hall–Kier alpha value is -3.79. The molecule has 1 amide bonds. The van der Waals surface area contributed by atoms with Gasteiger partial charge in [0.05, 0.1) is 11.7 Å². The molecule has 1 aromatic carbocycles. The third kappa shape index (κ3) is 4.24. The highest BCUT2D eigenvalue weighted by molar-refractivity contribution is 6.05. The second-order valence-electron chi connectivity index (χ2n) is 7.80. The lowest BCUT2D eigenvalue weighted by Gasteiger charge is -2.09. The van der Waals surface area contributed by atoms with Crippen LogP contribution in [-0.2, 0) is 13.6 Å². The van der Waals surface area contributed by atoms with E-state index in [-0.39, 0.29) is 5.91 Å². The van der Waals surface area contributed by atoms with Crippen molar-refractivity contribution in [2.45, 2.75) is 6.54 Å². The van der Waals surface area contributed by atoms with Crippen LogP contribution in [0.2, 0.25) is 0 Å². The number of carbonyl (C=O) groups excluding carboxylic acids is 1. The van der Waals surface area contributed by atoms with Crippen LogP contribution in [0, 0.1) is 0 Å². The zero-order valence-electron chi connectivity index (χ0n) is 18.2. The molecule has 0 bridgehead atoms. The van der Waals surface area contributed by atoms with Gasteiger partial charge >= 0.3 is 0 Å². The maximum Gasteiger partial charge on any atom is 0.274 e. The molecule has 0 saturated heterocycles. The monoisotopic (exact) mass is 419 g/mol. The van der Waals surface area contributed by atoms with E-state index < -0.39 is 0 Å². The first kappa shape index (κ1) is 20.5. The molecule has 0 spiro atoms. The molecule has 4 aromatic rings. The fourth-order valence-electron chi connectivity index (χ4n) is 3.31. The van der Waals surface area contributed by atoms with E-state index in [4.69, 9.17) is 0 Å². The van der Waals surface area contributed by atoms with E-state index in [2.05, 4.69) is 30.4 Å². The van der Waals surface area contributed by atoms with E-state index in [1.165, 1.54) is 4.90 Å². The third-order valence-electron chi connectivity index (χ3n) is 4.73. The van der Waals surface area contributed by atoms with Gasteiger partial charge in [-0.25, -0.2) is 9.67 Å². The van der Waals surface area contributed by atoms with Crippen LogP contribution in [0.15, 0.2) is 42.9 Å². The first-order valence-corrected chi connectivity index (χ1v) is 9.79. The molecule has 0 fully saturated rings. The van der Waals surface area contributed by atoms with Crippen molar-refractivity contribution in [2.75, 3.05) is 33.5 Å². The van der Waals surface area contributed by atoms with Crippen molar-refractivity contribution in [2.24, 2.45) is 7.05 Å². The van der Waals surface area contributed by atoms with Gasteiger partial charge in [-0.05, 0) is 32.3 Å². The van der Waals surface area contributed by atoms with Gasteiger partial charge in [-0.1, -0.05) is 0 Å². The number of hydrogen-bond donors (Lipinski definition) is 1. The Morgan fingerprint density at radius 3 is 2.71 bits per heavy atom. The molecule has 0 saturated carbocycles. The first-order chi connectivity index (χ1) is 14.8. The van der Waals surface area contributed by atoms with E-state index in [1.807, 2.05) is 51.7 Å². The molecule has 0 unspecified atom stereocenters. The fraction of sp³-hybridized carbons (Fsp3) is 0.286. The molecule has 4 rings (SSSR count). The number of nitrogens with zero attached hydrogens (tertiary/aromatic N) is 8. The normalized spacial score (nSPS) is 11.3. The van der Waals surface area contributed by atoms with Crippen LogP contribution in [0.4, 0.5) is 11.6 Å². The lowest BCUT2D eigenvalue weighted by atomic mass is 10.1. The summed E-state index contributed by atoms with van der Waals surface area (Å²) >= 11 is 0. The Balaban J connectivity index is 1.62. The zero-order valence-corrected chi connectivity index (χ0v) is 18.2. The van der Waals surface area contributed by atoms with Crippen molar-refractivity contribution < 1.29 is 4.79 Å². The van der Waals surface area contributed by atoms with Crippen molar-refractivity contribution in [1.82, 2.24) is 39.3 Å². The fourth-order valence-corrected chi connectivity index (χ4v) is 3.31. The van der Waals surface area contributed by atoms with Gasteiger partial charge < -0.3 is 15.1 Å². The second-order valence-corrected chi connectivity index (χ2v) is 7.80. The summed E-state index contributed by atoms with van der Waals surface area (Å²) < 4.78 is 3.43. The molecule has 0 aliphatic carbocycles. The van der Waals surface area contributed by atoms with Gasteiger partial charge in [0.15, 0.2) is 11.5 Å². The lowest BCUT2D eigenvalue weighted by Crippen LogP contribution is -2.22. The highest BCUT2D eigenvalue weighted by Gasteiger charge is 2.18. The largest absolute Gasteiger partial charge is 0.343 e. The SMILES string of the molecule is CN(C)Cc1cnn(-c2ccnc(Nc3ccc4c(c3)c(C(=O)N(C)C)nn4C)n2)c1. The van der Waals surface area contributed by atoms with Crippen LogP contribution in [-0.4, -0.2) is 73.4 Å². The van der Waals surface area contributed by atoms with Crippen LogP contribution in [0.25, 0.3) is 16.7 Å². The average Bonchev–Trinajstić information content (AvgIpc) is 3.31. The van der Waals surface area contributed by atoms with Gasteiger partial charge in [0.2, 0.25) is 5.95 Å². The number of rotatable bonds is 6. The topological polar surface area (TPSA) is 97.0 Å². The standard InChI is InChI=1S/C21H25N9O/c1-27(2)12-14-11-23-30(13-14)18-8-9-22-21(25-18)24-15-6-7-17-16(10-15)19(26-29(17)5)20(31)28(3)4/h6-11,13H,12H2,1-5H3,(H,22,24,25). The molecular formula is C21H25N9O. The summed E-state index contributed by atoms with van der Waals surface area (Å²) in [4.78, 5) is 25.0. The number of hydrogen-bond acceptors (Lipinski definition) is 7. The molecular weight excluding hydrogens is 394 g/mol. The smallest absolute Gasteiger partial charge is 0.274 e. The first-order valence-electron chi connectivity index (χ1n) is 9.79. The minimum Gasteiger partial charge on any atom is -0.343 e. The molecule has 10 nitrogen and oxygen atoms in total. The molecule has 3 aromatic heterocycles. The van der Waals surface area contributed by atoms with E-state index >= 15 is 0 Å². The number of aryl methyl sites for hydroxylation is 1. The molecule has 0 atom stereocenters. The van der Waals surface area contributed by atoms with Crippen LogP contribution in [0.5, 0.6) is 0 Å². The van der Waals surface area contributed by atoms with Gasteiger partial charge in [-0.15, -0.1) is 0 Å². The molecule has 0 aliphatic rings. The minimum absolute atomic E-state index is 0.145. The number of nitrogens with one attached hydrogen (secondary N) is 1.